The fraction of sp³-hybridized carbons (Fsp3) is 1.00. The van der Waals surface area contributed by atoms with Crippen molar-refractivity contribution < 1.29 is 8.85 Å². The summed E-state index contributed by atoms with van der Waals surface area (Å²) in [7, 11) is 1.36. The van der Waals surface area contributed by atoms with Gasteiger partial charge in [-0.2, -0.15) is 0 Å². The van der Waals surface area contributed by atoms with E-state index in [9.17, 15) is 0 Å². The van der Waals surface area contributed by atoms with Crippen LogP contribution in [0.15, 0.2) is 0 Å². The average molecular weight is 503 g/mol. The van der Waals surface area contributed by atoms with Crippen LogP contribution in [0.4, 0.5) is 0 Å². The zero-order valence-corrected chi connectivity index (χ0v) is 24.0. The summed E-state index contributed by atoms with van der Waals surface area (Å²) in [5.41, 5.74) is 0. The molecule has 6 rings (SSSR count). The first kappa shape index (κ1) is 25.3. The molecule has 8 unspecified atom stereocenters. The quantitative estimate of drug-likeness (QED) is 0.381. The molecule has 0 amide bonds. The van der Waals surface area contributed by atoms with Gasteiger partial charge in [-0.1, -0.05) is 51.4 Å². The smallest absolute Gasteiger partial charge is 0.374 e. The van der Waals surface area contributed by atoms with Crippen molar-refractivity contribution in [3.05, 3.63) is 0 Å². The maximum absolute atomic E-state index is 7.04. The van der Waals surface area contributed by atoms with Crippen molar-refractivity contribution in [1.29, 1.82) is 0 Å². The van der Waals surface area contributed by atoms with Gasteiger partial charge in [0.2, 0.25) is 0 Å². The summed E-state index contributed by atoms with van der Waals surface area (Å²) in [4.78, 5) is 0. The van der Waals surface area contributed by atoms with Crippen molar-refractivity contribution in [1.82, 2.24) is 9.13 Å². The van der Waals surface area contributed by atoms with E-state index in [2.05, 4.69) is 23.4 Å². The van der Waals surface area contributed by atoms with Gasteiger partial charge in [0.1, 0.15) is 0 Å². The lowest BCUT2D eigenvalue weighted by Gasteiger charge is -2.58. The summed E-state index contributed by atoms with van der Waals surface area (Å²) in [6, 6.07) is 2.76. The monoisotopic (exact) mass is 502 g/mol. The maximum Gasteiger partial charge on any atom is 0.522 e. The molecular formula is C30H54N2O2Si. The molecule has 0 aromatic heterocycles. The summed E-state index contributed by atoms with van der Waals surface area (Å²) < 4.78 is 20.3. The van der Waals surface area contributed by atoms with Crippen LogP contribution in [0.1, 0.15) is 128 Å². The molecule has 6 aliphatic rings. The molecular weight excluding hydrogens is 448 g/mol. The predicted molar refractivity (Wildman–Crippen MR) is 145 cm³/mol. The average Bonchev–Trinajstić information content (AvgIpc) is 3.19. The van der Waals surface area contributed by atoms with Crippen molar-refractivity contribution in [3.8, 4) is 0 Å². The predicted octanol–water partition coefficient (Wildman–Crippen LogP) is 7.14. The van der Waals surface area contributed by atoms with Crippen LogP contribution in [0.2, 0.25) is 0 Å². The molecule has 0 spiro atoms. The summed E-state index contributed by atoms with van der Waals surface area (Å²) in [6.07, 6.45) is 28.5. The molecule has 2 aliphatic heterocycles. The number of hydrogen-bond donors (Lipinski definition) is 0. The van der Waals surface area contributed by atoms with E-state index in [0.29, 0.717) is 24.2 Å². The van der Waals surface area contributed by atoms with E-state index >= 15 is 0 Å². The Balaban J connectivity index is 1.47. The SMILES string of the molecule is CO[Si](OC)(N1C2CCCCC2CCC2CCCCC21)N1C2CCCCC2CCC2CCCCC21. The Morgan fingerprint density at radius 3 is 0.914 bits per heavy atom. The van der Waals surface area contributed by atoms with Crippen LogP contribution < -0.4 is 0 Å². The van der Waals surface area contributed by atoms with Crippen LogP contribution in [-0.4, -0.2) is 56.4 Å². The minimum atomic E-state index is -2.77. The lowest BCUT2D eigenvalue weighted by Crippen LogP contribution is -2.79. The Bertz CT molecular complexity index is 600. The number of rotatable bonds is 4. The Morgan fingerprint density at radius 1 is 0.400 bits per heavy atom. The van der Waals surface area contributed by atoms with E-state index in [-0.39, 0.29) is 0 Å². The normalized spacial score (nSPS) is 43.7. The first-order valence-corrected chi connectivity index (χ1v) is 17.6. The lowest BCUT2D eigenvalue weighted by atomic mass is 9.80. The topological polar surface area (TPSA) is 24.9 Å². The number of nitrogens with zero attached hydrogens (tertiary/aromatic N) is 2. The molecule has 2 saturated heterocycles. The highest BCUT2D eigenvalue weighted by molar-refractivity contribution is 6.62. The van der Waals surface area contributed by atoms with E-state index in [1.807, 2.05) is 0 Å². The Hall–Kier alpha value is 0.0569. The zero-order valence-electron chi connectivity index (χ0n) is 23.0. The third kappa shape index (κ3) is 4.51. The van der Waals surface area contributed by atoms with Gasteiger partial charge in [-0.15, -0.1) is 0 Å². The number of fused-ring (bicyclic) bond motifs is 4. The van der Waals surface area contributed by atoms with Gasteiger partial charge in [-0.25, -0.2) is 0 Å². The third-order valence-electron chi connectivity index (χ3n) is 11.9. The molecule has 0 aromatic carbocycles. The first-order chi connectivity index (χ1) is 17.3. The van der Waals surface area contributed by atoms with Crippen molar-refractivity contribution in [3.63, 3.8) is 0 Å². The highest BCUT2D eigenvalue weighted by atomic mass is 28.4. The molecule has 0 bridgehead atoms. The molecule has 6 fully saturated rings. The standard InChI is InChI=1S/C30H54N2O2Si/c1-33-35(34-2,31-27-15-7-3-11-23(27)19-20-24-12-4-8-16-28(24)31)32-29-17-9-5-13-25(29)21-22-26-14-6-10-18-30(26)32/h23-30H,3-22H2,1-2H3. The van der Waals surface area contributed by atoms with Crippen molar-refractivity contribution in [2.75, 3.05) is 14.2 Å². The molecule has 4 aliphatic carbocycles. The fourth-order valence-corrected chi connectivity index (χ4v) is 14.7. The zero-order chi connectivity index (χ0) is 23.8. The minimum Gasteiger partial charge on any atom is -0.374 e. The second-order valence-electron chi connectivity index (χ2n) is 13.4. The molecule has 4 saturated carbocycles. The van der Waals surface area contributed by atoms with Crippen LogP contribution >= 0.6 is 0 Å². The van der Waals surface area contributed by atoms with Crippen LogP contribution in [0.5, 0.6) is 0 Å². The molecule has 35 heavy (non-hydrogen) atoms. The molecule has 2 heterocycles. The van der Waals surface area contributed by atoms with Gasteiger partial charge in [0.25, 0.3) is 0 Å². The largest absolute Gasteiger partial charge is 0.522 e. The van der Waals surface area contributed by atoms with Crippen LogP contribution in [-0.2, 0) is 8.85 Å². The van der Waals surface area contributed by atoms with Gasteiger partial charge < -0.3 is 8.85 Å². The van der Waals surface area contributed by atoms with Gasteiger partial charge in [0.05, 0.1) is 0 Å². The molecule has 200 valence electrons. The molecule has 0 aromatic rings. The fourth-order valence-electron chi connectivity index (χ4n) is 10.4. The van der Waals surface area contributed by atoms with Gasteiger partial charge in [0, 0.05) is 38.4 Å². The van der Waals surface area contributed by atoms with E-state index < -0.39 is 8.88 Å². The first-order valence-electron chi connectivity index (χ1n) is 15.9. The van der Waals surface area contributed by atoms with Gasteiger partial charge in [-0.3, -0.25) is 9.13 Å². The van der Waals surface area contributed by atoms with Crippen LogP contribution in [0, 0.1) is 23.7 Å². The Labute approximate surface area is 217 Å². The maximum atomic E-state index is 7.04. The number of hydrogen-bond acceptors (Lipinski definition) is 4. The highest BCUT2D eigenvalue weighted by Gasteiger charge is 2.63. The van der Waals surface area contributed by atoms with E-state index in [0.717, 1.165) is 23.7 Å². The van der Waals surface area contributed by atoms with Gasteiger partial charge >= 0.3 is 8.88 Å². The third-order valence-corrected chi connectivity index (χ3v) is 15.6. The molecule has 0 N–H and O–H groups in total. The summed E-state index contributed by atoms with van der Waals surface area (Å²) in [6.45, 7) is 0. The summed E-state index contributed by atoms with van der Waals surface area (Å²) in [5, 5.41) is 0. The second kappa shape index (κ2) is 11.0. The van der Waals surface area contributed by atoms with E-state index in [1.54, 1.807) is 0 Å². The van der Waals surface area contributed by atoms with Crippen molar-refractivity contribution in [2.45, 2.75) is 153 Å². The van der Waals surface area contributed by atoms with Gasteiger partial charge in [-0.05, 0) is 101 Å². The van der Waals surface area contributed by atoms with Crippen molar-refractivity contribution >= 4 is 8.88 Å². The van der Waals surface area contributed by atoms with Crippen LogP contribution in [0.3, 0.4) is 0 Å². The summed E-state index contributed by atoms with van der Waals surface area (Å²) >= 11 is 0. The lowest BCUT2D eigenvalue weighted by molar-refractivity contribution is -0.0273. The molecule has 4 nitrogen and oxygen atoms in total. The molecule has 8 atom stereocenters. The van der Waals surface area contributed by atoms with E-state index in [1.165, 1.54) is 128 Å². The minimum absolute atomic E-state index is 0.691. The Kier molecular flexibility index (Phi) is 7.99. The molecule has 0 radical (unpaired) electrons. The van der Waals surface area contributed by atoms with Gasteiger partial charge in [0.15, 0.2) is 0 Å². The Morgan fingerprint density at radius 2 is 0.657 bits per heavy atom. The highest BCUT2D eigenvalue weighted by Crippen LogP contribution is 2.50. The summed E-state index contributed by atoms with van der Waals surface area (Å²) in [5.74, 6) is 3.45. The van der Waals surface area contributed by atoms with Crippen molar-refractivity contribution in [2.24, 2.45) is 23.7 Å². The second-order valence-corrected chi connectivity index (χ2v) is 16.3. The van der Waals surface area contributed by atoms with Crippen LogP contribution in [0.25, 0.3) is 0 Å². The van der Waals surface area contributed by atoms with E-state index in [4.69, 9.17) is 8.85 Å². The molecule has 5 heteroatoms.